The fourth-order valence-electron chi connectivity index (χ4n) is 1.88. The van der Waals surface area contributed by atoms with Crippen LogP contribution in [0.3, 0.4) is 0 Å². The zero-order valence-electron chi connectivity index (χ0n) is 9.65. The standard InChI is InChI=1S/C12H19N3O/c1-12(13,10-4-5-10)11(16)14-6-9-15-7-2-3-8-15/h2-3,7-8,10H,4-6,9,13H2,1H3,(H,14,16). The molecule has 3 N–H and O–H groups in total. The molecule has 1 saturated carbocycles. The molecule has 1 aromatic rings. The van der Waals surface area contributed by atoms with Crippen molar-refractivity contribution in [3.8, 4) is 0 Å². The van der Waals surface area contributed by atoms with Gasteiger partial charge in [-0.15, -0.1) is 0 Å². The first kappa shape index (κ1) is 11.2. The van der Waals surface area contributed by atoms with Gasteiger partial charge in [-0.25, -0.2) is 0 Å². The van der Waals surface area contributed by atoms with Crippen LogP contribution in [0.15, 0.2) is 24.5 Å². The number of nitrogens with one attached hydrogen (secondary N) is 1. The molecule has 2 rings (SSSR count). The predicted molar refractivity (Wildman–Crippen MR) is 62.8 cm³/mol. The highest BCUT2D eigenvalue weighted by Crippen LogP contribution is 2.37. The molecule has 1 unspecified atom stereocenters. The highest BCUT2D eigenvalue weighted by molar-refractivity contribution is 5.86. The van der Waals surface area contributed by atoms with Crippen LogP contribution in [0.5, 0.6) is 0 Å². The summed E-state index contributed by atoms with van der Waals surface area (Å²) in [5.74, 6) is 0.348. The second-order valence-electron chi connectivity index (χ2n) is 4.73. The summed E-state index contributed by atoms with van der Waals surface area (Å²) in [6.45, 7) is 3.25. The van der Waals surface area contributed by atoms with Crippen LogP contribution < -0.4 is 11.1 Å². The molecule has 0 radical (unpaired) electrons. The van der Waals surface area contributed by atoms with Crippen LogP contribution in [0.25, 0.3) is 0 Å². The molecule has 1 aromatic heterocycles. The molecule has 0 bridgehead atoms. The molecular formula is C12H19N3O. The minimum atomic E-state index is -0.684. The molecule has 4 nitrogen and oxygen atoms in total. The van der Waals surface area contributed by atoms with Crippen molar-refractivity contribution in [2.24, 2.45) is 11.7 Å². The van der Waals surface area contributed by atoms with Gasteiger partial charge >= 0.3 is 0 Å². The van der Waals surface area contributed by atoms with Crippen LogP contribution in [0.2, 0.25) is 0 Å². The van der Waals surface area contributed by atoms with Gasteiger partial charge in [0.25, 0.3) is 0 Å². The van der Waals surface area contributed by atoms with E-state index < -0.39 is 5.54 Å². The van der Waals surface area contributed by atoms with E-state index in [0.717, 1.165) is 19.4 Å². The fraction of sp³-hybridized carbons (Fsp3) is 0.583. The largest absolute Gasteiger partial charge is 0.353 e. The van der Waals surface area contributed by atoms with Gasteiger partial charge in [0.2, 0.25) is 5.91 Å². The third kappa shape index (κ3) is 2.44. The monoisotopic (exact) mass is 221 g/mol. The maximum atomic E-state index is 11.8. The molecule has 0 aliphatic heterocycles. The zero-order chi connectivity index (χ0) is 11.6. The molecule has 0 spiro atoms. The third-order valence-corrected chi connectivity index (χ3v) is 3.24. The fourth-order valence-corrected chi connectivity index (χ4v) is 1.88. The van der Waals surface area contributed by atoms with E-state index in [1.54, 1.807) is 0 Å². The summed E-state index contributed by atoms with van der Waals surface area (Å²) in [6.07, 6.45) is 6.12. The van der Waals surface area contributed by atoms with E-state index in [1.807, 2.05) is 36.0 Å². The molecule has 4 heteroatoms. The van der Waals surface area contributed by atoms with Crippen LogP contribution >= 0.6 is 0 Å². The van der Waals surface area contributed by atoms with Gasteiger partial charge < -0.3 is 15.6 Å². The number of nitrogens with two attached hydrogens (primary N) is 1. The number of carbonyl (C=O) groups excluding carboxylic acids is 1. The Labute approximate surface area is 95.8 Å². The Bertz CT molecular complexity index is 352. The van der Waals surface area contributed by atoms with E-state index in [2.05, 4.69) is 5.32 Å². The summed E-state index contributed by atoms with van der Waals surface area (Å²) in [6, 6.07) is 3.94. The van der Waals surface area contributed by atoms with E-state index in [0.29, 0.717) is 12.5 Å². The maximum absolute atomic E-state index is 11.8. The lowest BCUT2D eigenvalue weighted by Gasteiger charge is -2.23. The van der Waals surface area contributed by atoms with Crippen LogP contribution in [0, 0.1) is 5.92 Å². The number of hydrogen-bond acceptors (Lipinski definition) is 2. The van der Waals surface area contributed by atoms with Gasteiger partial charge in [-0.2, -0.15) is 0 Å². The van der Waals surface area contributed by atoms with Crippen molar-refractivity contribution in [3.63, 3.8) is 0 Å². The Morgan fingerprint density at radius 1 is 1.50 bits per heavy atom. The van der Waals surface area contributed by atoms with Crippen molar-refractivity contribution in [3.05, 3.63) is 24.5 Å². The maximum Gasteiger partial charge on any atom is 0.240 e. The van der Waals surface area contributed by atoms with Crippen molar-refractivity contribution in [2.45, 2.75) is 31.8 Å². The normalized spacial score (nSPS) is 19.1. The molecule has 1 heterocycles. The Balaban J connectivity index is 1.75. The Morgan fingerprint density at radius 2 is 2.12 bits per heavy atom. The van der Waals surface area contributed by atoms with Crippen molar-refractivity contribution >= 4 is 5.91 Å². The summed E-state index contributed by atoms with van der Waals surface area (Å²) >= 11 is 0. The summed E-state index contributed by atoms with van der Waals surface area (Å²) in [5, 5.41) is 2.90. The number of carbonyl (C=O) groups is 1. The molecule has 1 aliphatic rings. The first-order valence-corrected chi connectivity index (χ1v) is 5.78. The van der Waals surface area contributed by atoms with Gasteiger partial charge in [-0.3, -0.25) is 4.79 Å². The van der Waals surface area contributed by atoms with Crippen LogP contribution in [-0.4, -0.2) is 22.6 Å². The first-order valence-electron chi connectivity index (χ1n) is 5.78. The lowest BCUT2D eigenvalue weighted by atomic mass is 9.96. The van der Waals surface area contributed by atoms with Crippen molar-refractivity contribution < 1.29 is 4.79 Å². The number of amides is 1. The second-order valence-corrected chi connectivity index (χ2v) is 4.73. The summed E-state index contributed by atoms with van der Waals surface area (Å²) in [4.78, 5) is 11.8. The molecule has 1 atom stereocenters. The quantitative estimate of drug-likeness (QED) is 0.770. The molecular weight excluding hydrogens is 202 g/mol. The number of nitrogens with zero attached hydrogens (tertiary/aromatic N) is 1. The highest BCUT2D eigenvalue weighted by Gasteiger charge is 2.43. The topological polar surface area (TPSA) is 60.1 Å². The summed E-state index contributed by atoms with van der Waals surface area (Å²) in [5.41, 5.74) is 5.32. The molecule has 1 fully saturated rings. The van der Waals surface area contributed by atoms with E-state index in [9.17, 15) is 4.79 Å². The molecule has 0 saturated heterocycles. The molecule has 1 aliphatic carbocycles. The van der Waals surface area contributed by atoms with E-state index in [1.165, 1.54) is 0 Å². The number of hydrogen-bond donors (Lipinski definition) is 2. The predicted octanol–water partition coefficient (Wildman–Crippen LogP) is 0.732. The Kier molecular flexibility index (Phi) is 3.01. The van der Waals surface area contributed by atoms with Crippen molar-refractivity contribution in [2.75, 3.05) is 6.54 Å². The van der Waals surface area contributed by atoms with Crippen LogP contribution in [0.4, 0.5) is 0 Å². The van der Waals surface area contributed by atoms with Gasteiger partial charge in [0, 0.05) is 25.5 Å². The molecule has 1 amide bonds. The average Bonchev–Trinajstić information content (AvgIpc) is 2.99. The Morgan fingerprint density at radius 3 is 2.69 bits per heavy atom. The van der Waals surface area contributed by atoms with Gasteiger partial charge in [0.15, 0.2) is 0 Å². The minimum Gasteiger partial charge on any atom is -0.353 e. The lowest BCUT2D eigenvalue weighted by Crippen LogP contribution is -2.53. The van der Waals surface area contributed by atoms with Gasteiger partial charge in [-0.05, 0) is 37.8 Å². The Hall–Kier alpha value is -1.29. The SMILES string of the molecule is CC(N)(C(=O)NCCn1cccc1)C1CC1. The summed E-state index contributed by atoms with van der Waals surface area (Å²) < 4.78 is 2.03. The van der Waals surface area contributed by atoms with E-state index in [-0.39, 0.29) is 5.91 Å². The van der Waals surface area contributed by atoms with Gasteiger partial charge in [0.1, 0.15) is 0 Å². The number of aromatic nitrogens is 1. The summed E-state index contributed by atoms with van der Waals surface area (Å²) in [7, 11) is 0. The van der Waals surface area contributed by atoms with Gasteiger partial charge in [-0.1, -0.05) is 0 Å². The molecule has 0 aromatic carbocycles. The molecule has 16 heavy (non-hydrogen) atoms. The number of rotatable bonds is 5. The highest BCUT2D eigenvalue weighted by atomic mass is 16.2. The van der Waals surface area contributed by atoms with Gasteiger partial charge in [0.05, 0.1) is 5.54 Å². The minimum absolute atomic E-state index is 0.0258. The smallest absolute Gasteiger partial charge is 0.240 e. The second kappa shape index (κ2) is 4.29. The first-order chi connectivity index (χ1) is 7.60. The van der Waals surface area contributed by atoms with E-state index in [4.69, 9.17) is 5.73 Å². The van der Waals surface area contributed by atoms with Crippen molar-refractivity contribution in [1.29, 1.82) is 0 Å². The van der Waals surface area contributed by atoms with Crippen LogP contribution in [-0.2, 0) is 11.3 Å². The van der Waals surface area contributed by atoms with E-state index >= 15 is 0 Å². The van der Waals surface area contributed by atoms with Crippen molar-refractivity contribution in [1.82, 2.24) is 9.88 Å². The van der Waals surface area contributed by atoms with Crippen LogP contribution in [0.1, 0.15) is 19.8 Å². The lowest BCUT2D eigenvalue weighted by molar-refractivity contribution is -0.126. The zero-order valence-corrected chi connectivity index (χ0v) is 9.65. The average molecular weight is 221 g/mol. The molecule has 88 valence electrons. The third-order valence-electron chi connectivity index (χ3n) is 3.24.